The van der Waals surface area contributed by atoms with E-state index in [9.17, 15) is 9.18 Å². The van der Waals surface area contributed by atoms with Crippen LogP contribution in [0.3, 0.4) is 0 Å². The maximum atomic E-state index is 14.0. The number of hydrogen-bond acceptors (Lipinski definition) is 2. The van der Waals surface area contributed by atoms with Crippen molar-refractivity contribution in [3.63, 3.8) is 0 Å². The number of allylic oxidation sites excluding steroid dienone is 1. The van der Waals surface area contributed by atoms with Gasteiger partial charge >= 0.3 is 5.97 Å². The van der Waals surface area contributed by atoms with Gasteiger partial charge in [-0.15, -0.1) is 0 Å². The lowest BCUT2D eigenvalue weighted by molar-refractivity contribution is -0.135. The van der Waals surface area contributed by atoms with Gasteiger partial charge < -0.3 is 5.11 Å². The zero-order valence-corrected chi connectivity index (χ0v) is 11.6. The van der Waals surface area contributed by atoms with Crippen molar-refractivity contribution in [1.29, 1.82) is 0 Å². The van der Waals surface area contributed by atoms with Gasteiger partial charge in [0.25, 0.3) is 0 Å². The molecule has 0 amide bonds. The molecule has 0 saturated carbocycles. The second-order valence-electron chi connectivity index (χ2n) is 5.22. The first kappa shape index (κ1) is 13.5. The van der Waals surface area contributed by atoms with E-state index in [0.29, 0.717) is 6.42 Å². The molecule has 1 heterocycles. The number of carboxylic acid groups (broad SMARTS) is 1. The molecule has 0 aliphatic heterocycles. The third-order valence-electron chi connectivity index (χ3n) is 3.82. The molecule has 1 aliphatic carbocycles. The first-order chi connectivity index (χ1) is 10.1. The number of aliphatic carboxylic acids is 1. The van der Waals surface area contributed by atoms with E-state index in [1.807, 2.05) is 19.1 Å². The SMILES string of the molecule is CC1=C(CC(=O)O)c2cc(F)cc(-c3ccncc3)c2C1. The molecule has 0 radical (unpaired) electrons. The zero-order chi connectivity index (χ0) is 15.0. The van der Waals surface area contributed by atoms with Crippen molar-refractivity contribution in [3.05, 3.63) is 59.2 Å². The van der Waals surface area contributed by atoms with E-state index in [0.717, 1.165) is 33.4 Å². The van der Waals surface area contributed by atoms with Gasteiger partial charge in [0.2, 0.25) is 0 Å². The first-order valence-electron chi connectivity index (χ1n) is 6.70. The van der Waals surface area contributed by atoms with E-state index in [1.165, 1.54) is 12.1 Å². The van der Waals surface area contributed by atoms with Crippen LogP contribution >= 0.6 is 0 Å². The summed E-state index contributed by atoms with van der Waals surface area (Å²) in [6.07, 6.45) is 3.92. The highest BCUT2D eigenvalue weighted by molar-refractivity contribution is 5.91. The molecule has 0 saturated heterocycles. The standard InChI is InChI=1S/C17H14FNO2/c1-10-6-15-14(11-2-4-19-5-3-11)7-12(18)8-16(15)13(10)9-17(20)21/h2-5,7-8H,6,9H2,1H3,(H,20,21). The molecule has 2 aromatic rings. The summed E-state index contributed by atoms with van der Waals surface area (Å²) in [6.45, 7) is 1.91. The van der Waals surface area contributed by atoms with Crippen molar-refractivity contribution in [1.82, 2.24) is 4.98 Å². The van der Waals surface area contributed by atoms with Crippen molar-refractivity contribution >= 4 is 11.5 Å². The number of benzene rings is 1. The quantitative estimate of drug-likeness (QED) is 0.934. The van der Waals surface area contributed by atoms with Crippen molar-refractivity contribution in [2.45, 2.75) is 19.8 Å². The number of fused-ring (bicyclic) bond motifs is 1. The number of hydrogen-bond donors (Lipinski definition) is 1. The Hall–Kier alpha value is -2.49. The van der Waals surface area contributed by atoms with Crippen LogP contribution in [0.4, 0.5) is 4.39 Å². The topological polar surface area (TPSA) is 50.2 Å². The number of halogens is 1. The zero-order valence-electron chi connectivity index (χ0n) is 11.6. The van der Waals surface area contributed by atoms with Crippen LogP contribution < -0.4 is 0 Å². The van der Waals surface area contributed by atoms with Crippen molar-refractivity contribution < 1.29 is 14.3 Å². The normalized spacial score (nSPS) is 13.4. The van der Waals surface area contributed by atoms with Crippen molar-refractivity contribution in [2.24, 2.45) is 0 Å². The molecule has 0 fully saturated rings. The largest absolute Gasteiger partial charge is 0.481 e. The van der Waals surface area contributed by atoms with Crippen LogP contribution in [-0.4, -0.2) is 16.1 Å². The summed E-state index contributed by atoms with van der Waals surface area (Å²) in [5, 5.41) is 9.04. The molecule has 1 aliphatic rings. The summed E-state index contributed by atoms with van der Waals surface area (Å²) in [6, 6.07) is 6.61. The van der Waals surface area contributed by atoms with Gasteiger partial charge in [-0.05, 0) is 65.4 Å². The summed E-state index contributed by atoms with van der Waals surface area (Å²) >= 11 is 0. The van der Waals surface area contributed by atoms with Crippen LogP contribution in [0.25, 0.3) is 16.7 Å². The molecule has 0 unspecified atom stereocenters. The first-order valence-corrected chi connectivity index (χ1v) is 6.70. The molecule has 21 heavy (non-hydrogen) atoms. The summed E-state index contributed by atoms with van der Waals surface area (Å²) < 4.78 is 14.0. The minimum Gasteiger partial charge on any atom is -0.481 e. The summed E-state index contributed by atoms with van der Waals surface area (Å²) in [5.41, 5.74) is 5.15. The van der Waals surface area contributed by atoms with Crippen LogP contribution in [-0.2, 0) is 11.2 Å². The van der Waals surface area contributed by atoms with Crippen LogP contribution in [0, 0.1) is 5.82 Å². The van der Waals surface area contributed by atoms with E-state index in [-0.39, 0.29) is 12.2 Å². The third kappa shape index (κ3) is 2.44. The summed E-state index contributed by atoms with van der Waals surface area (Å²) in [7, 11) is 0. The van der Waals surface area contributed by atoms with Crippen LogP contribution in [0.2, 0.25) is 0 Å². The second kappa shape index (κ2) is 5.13. The van der Waals surface area contributed by atoms with Gasteiger partial charge in [0.05, 0.1) is 6.42 Å². The van der Waals surface area contributed by atoms with Crippen LogP contribution in [0.1, 0.15) is 24.5 Å². The highest BCUT2D eigenvalue weighted by atomic mass is 19.1. The lowest BCUT2D eigenvalue weighted by atomic mass is 9.94. The van der Waals surface area contributed by atoms with E-state index in [1.54, 1.807) is 12.4 Å². The van der Waals surface area contributed by atoms with E-state index >= 15 is 0 Å². The number of carbonyl (C=O) groups is 1. The summed E-state index contributed by atoms with van der Waals surface area (Å²) in [4.78, 5) is 15.0. The maximum absolute atomic E-state index is 14.0. The van der Waals surface area contributed by atoms with Gasteiger partial charge in [0.1, 0.15) is 5.82 Å². The van der Waals surface area contributed by atoms with E-state index in [4.69, 9.17) is 5.11 Å². The Morgan fingerprint density at radius 1 is 1.29 bits per heavy atom. The Labute approximate surface area is 121 Å². The highest BCUT2D eigenvalue weighted by Crippen LogP contribution is 2.40. The number of rotatable bonds is 3. The van der Waals surface area contributed by atoms with Crippen molar-refractivity contribution in [2.75, 3.05) is 0 Å². The Bertz CT molecular complexity index is 751. The average molecular weight is 283 g/mol. The monoisotopic (exact) mass is 283 g/mol. The Kier molecular flexibility index (Phi) is 3.29. The fourth-order valence-corrected chi connectivity index (χ4v) is 2.88. The fraction of sp³-hybridized carbons (Fsp3) is 0.176. The predicted molar refractivity (Wildman–Crippen MR) is 78.2 cm³/mol. The average Bonchev–Trinajstić information content (AvgIpc) is 2.75. The van der Waals surface area contributed by atoms with E-state index in [2.05, 4.69) is 4.98 Å². The van der Waals surface area contributed by atoms with Gasteiger partial charge in [0, 0.05) is 12.4 Å². The van der Waals surface area contributed by atoms with Gasteiger partial charge in [0.15, 0.2) is 0 Å². The van der Waals surface area contributed by atoms with Gasteiger partial charge in [-0.1, -0.05) is 5.57 Å². The Balaban J connectivity index is 2.16. The minimum atomic E-state index is -0.896. The third-order valence-corrected chi connectivity index (χ3v) is 3.82. The lowest BCUT2D eigenvalue weighted by Crippen LogP contribution is -1.98. The number of nitrogens with zero attached hydrogens (tertiary/aromatic N) is 1. The fourth-order valence-electron chi connectivity index (χ4n) is 2.88. The molecule has 0 spiro atoms. The molecular formula is C17H14FNO2. The molecule has 0 atom stereocenters. The Morgan fingerprint density at radius 2 is 1.95 bits per heavy atom. The molecule has 4 heteroatoms. The van der Waals surface area contributed by atoms with Gasteiger partial charge in [-0.25, -0.2) is 4.39 Å². The number of pyridine rings is 1. The molecular weight excluding hydrogens is 269 g/mol. The lowest BCUT2D eigenvalue weighted by Gasteiger charge is -2.11. The highest BCUT2D eigenvalue weighted by Gasteiger charge is 2.24. The van der Waals surface area contributed by atoms with Gasteiger partial charge in [-0.3, -0.25) is 9.78 Å². The number of carboxylic acids is 1. The summed E-state index contributed by atoms with van der Waals surface area (Å²) in [5.74, 6) is -1.25. The van der Waals surface area contributed by atoms with Crippen LogP contribution in [0.5, 0.6) is 0 Å². The molecule has 3 nitrogen and oxygen atoms in total. The Morgan fingerprint density at radius 3 is 2.62 bits per heavy atom. The molecule has 106 valence electrons. The van der Waals surface area contributed by atoms with Crippen LogP contribution in [0.15, 0.2) is 42.2 Å². The molecule has 3 rings (SSSR count). The maximum Gasteiger partial charge on any atom is 0.307 e. The molecule has 1 aromatic heterocycles. The smallest absolute Gasteiger partial charge is 0.307 e. The molecule has 0 bridgehead atoms. The molecule has 1 N–H and O–H groups in total. The predicted octanol–water partition coefficient (Wildman–Crippen LogP) is 3.69. The van der Waals surface area contributed by atoms with E-state index < -0.39 is 5.97 Å². The minimum absolute atomic E-state index is 0.0714. The van der Waals surface area contributed by atoms with Crippen molar-refractivity contribution in [3.8, 4) is 11.1 Å². The number of aromatic nitrogens is 1. The van der Waals surface area contributed by atoms with Gasteiger partial charge in [-0.2, -0.15) is 0 Å². The molecule has 1 aromatic carbocycles. The second-order valence-corrected chi connectivity index (χ2v) is 5.22.